The van der Waals surface area contributed by atoms with E-state index in [1.807, 2.05) is 60.5 Å². The van der Waals surface area contributed by atoms with E-state index in [4.69, 9.17) is 9.52 Å². The van der Waals surface area contributed by atoms with Gasteiger partial charge in [0.1, 0.15) is 11.5 Å². The normalized spacial score (nSPS) is 14.5. The Bertz CT molecular complexity index is 959. The van der Waals surface area contributed by atoms with E-state index >= 15 is 0 Å². The third kappa shape index (κ3) is 4.77. The zero-order chi connectivity index (χ0) is 20.2. The first-order valence-electron chi connectivity index (χ1n) is 10.4. The van der Waals surface area contributed by atoms with Crippen LogP contribution in [0.4, 0.5) is 0 Å². The molecule has 1 aliphatic rings. The van der Waals surface area contributed by atoms with E-state index in [1.54, 1.807) is 4.68 Å². The molecule has 0 bridgehead atoms. The summed E-state index contributed by atoms with van der Waals surface area (Å²) in [4.78, 5) is 15.3. The Kier molecular flexibility index (Phi) is 7.34. The molecule has 3 heterocycles. The summed E-state index contributed by atoms with van der Waals surface area (Å²) in [6.45, 7) is 7.60. The SMILES string of the molecule is CCNCC1CCN(C(=O)c2cn(-c3ccccc3)nc2-c2ccc(C)o2)CC1.Cl. The van der Waals surface area contributed by atoms with Crippen molar-refractivity contribution in [1.29, 1.82) is 0 Å². The molecule has 1 N–H and O–H groups in total. The van der Waals surface area contributed by atoms with E-state index in [-0.39, 0.29) is 18.3 Å². The number of aryl methyl sites for hydroxylation is 1. The highest BCUT2D eigenvalue weighted by molar-refractivity contribution is 5.99. The lowest BCUT2D eigenvalue weighted by Crippen LogP contribution is -2.40. The number of halogens is 1. The molecule has 2 aromatic heterocycles. The highest BCUT2D eigenvalue weighted by Crippen LogP contribution is 2.28. The number of nitrogens with zero attached hydrogens (tertiary/aromatic N) is 3. The number of hydrogen-bond acceptors (Lipinski definition) is 4. The van der Waals surface area contributed by atoms with Crippen LogP contribution in [0.1, 0.15) is 35.9 Å². The maximum absolute atomic E-state index is 13.4. The minimum absolute atomic E-state index is 0. The lowest BCUT2D eigenvalue weighted by atomic mass is 9.96. The van der Waals surface area contributed by atoms with Gasteiger partial charge in [-0.25, -0.2) is 4.68 Å². The highest BCUT2D eigenvalue weighted by atomic mass is 35.5. The molecule has 3 aromatic rings. The van der Waals surface area contributed by atoms with Crippen LogP contribution in [0.5, 0.6) is 0 Å². The van der Waals surface area contributed by atoms with Gasteiger partial charge in [-0.3, -0.25) is 4.79 Å². The van der Waals surface area contributed by atoms with Gasteiger partial charge in [0, 0.05) is 19.3 Å². The van der Waals surface area contributed by atoms with Crippen molar-refractivity contribution in [3.63, 3.8) is 0 Å². The molecule has 4 rings (SSSR count). The largest absolute Gasteiger partial charge is 0.460 e. The standard InChI is InChI=1S/C23H28N4O2.ClH/c1-3-24-15-18-11-13-26(14-12-18)23(28)20-16-27(19-7-5-4-6-8-19)25-22(20)21-10-9-17(2)29-21;/h4-10,16,18,24H,3,11-15H2,1-2H3;1H. The minimum atomic E-state index is 0. The third-order valence-corrected chi connectivity index (χ3v) is 5.52. The van der Waals surface area contributed by atoms with Crippen LogP contribution in [0.2, 0.25) is 0 Å². The molecule has 7 heteroatoms. The molecule has 6 nitrogen and oxygen atoms in total. The number of carbonyl (C=O) groups excluding carboxylic acids is 1. The Morgan fingerprint density at radius 1 is 1.17 bits per heavy atom. The van der Waals surface area contributed by atoms with Crippen molar-refractivity contribution in [2.45, 2.75) is 26.7 Å². The summed E-state index contributed by atoms with van der Waals surface area (Å²) >= 11 is 0. The molecule has 1 fully saturated rings. The molecule has 1 amide bonds. The van der Waals surface area contributed by atoms with E-state index in [9.17, 15) is 4.79 Å². The molecule has 1 aromatic carbocycles. The summed E-state index contributed by atoms with van der Waals surface area (Å²) < 4.78 is 7.57. The number of amides is 1. The van der Waals surface area contributed by atoms with Crippen LogP contribution in [0.15, 0.2) is 53.1 Å². The predicted octanol–water partition coefficient (Wildman–Crippen LogP) is 4.32. The first kappa shape index (κ1) is 22.1. The Labute approximate surface area is 183 Å². The van der Waals surface area contributed by atoms with Gasteiger partial charge in [-0.15, -0.1) is 12.4 Å². The van der Waals surface area contributed by atoms with Crippen molar-refractivity contribution < 1.29 is 9.21 Å². The number of benzene rings is 1. The topological polar surface area (TPSA) is 63.3 Å². The summed E-state index contributed by atoms with van der Waals surface area (Å²) in [7, 11) is 0. The van der Waals surface area contributed by atoms with E-state index in [0.29, 0.717) is 22.9 Å². The van der Waals surface area contributed by atoms with E-state index in [0.717, 1.165) is 50.5 Å². The lowest BCUT2D eigenvalue weighted by Gasteiger charge is -2.32. The third-order valence-electron chi connectivity index (χ3n) is 5.52. The Morgan fingerprint density at radius 3 is 2.53 bits per heavy atom. The number of carbonyl (C=O) groups is 1. The summed E-state index contributed by atoms with van der Waals surface area (Å²) in [6.07, 6.45) is 3.89. The predicted molar refractivity (Wildman–Crippen MR) is 120 cm³/mol. The number of aromatic nitrogens is 2. The molecule has 0 aliphatic carbocycles. The number of para-hydroxylation sites is 1. The molecule has 0 atom stereocenters. The molecule has 1 saturated heterocycles. The molecular weight excluding hydrogens is 400 g/mol. The fourth-order valence-corrected chi connectivity index (χ4v) is 3.85. The summed E-state index contributed by atoms with van der Waals surface area (Å²) in [5.41, 5.74) is 2.11. The van der Waals surface area contributed by atoms with Gasteiger partial charge < -0.3 is 14.6 Å². The smallest absolute Gasteiger partial charge is 0.257 e. The molecule has 160 valence electrons. The van der Waals surface area contributed by atoms with Gasteiger partial charge in [0.05, 0.1) is 11.3 Å². The molecular formula is C23H29ClN4O2. The van der Waals surface area contributed by atoms with Crippen LogP contribution >= 0.6 is 12.4 Å². The Hall–Kier alpha value is -2.57. The minimum Gasteiger partial charge on any atom is -0.460 e. The van der Waals surface area contributed by atoms with Gasteiger partial charge in [-0.05, 0) is 63.0 Å². The summed E-state index contributed by atoms with van der Waals surface area (Å²) in [6, 6.07) is 13.6. The van der Waals surface area contributed by atoms with Gasteiger partial charge in [-0.1, -0.05) is 25.1 Å². The van der Waals surface area contributed by atoms with Crippen LogP contribution < -0.4 is 5.32 Å². The van der Waals surface area contributed by atoms with E-state index in [1.165, 1.54) is 0 Å². The molecule has 1 aliphatic heterocycles. The quantitative estimate of drug-likeness (QED) is 0.634. The average molecular weight is 429 g/mol. The first-order chi connectivity index (χ1) is 14.2. The zero-order valence-electron chi connectivity index (χ0n) is 17.5. The molecule has 30 heavy (non-hydrogen) atoms. The number of rotatable bonds is 6. The second-order valence-electron chi connectivity index (χ2n) is 7.63. The van der Waals surface area contributed by atoms with E-state index in [2.05, 4.69) is 12.2 Å². The number of piperidine rings is 1. The fourth-order valence-electron chi connectivity index (χ4n) is 3.85. The van der Waals surface area contributed by atoms with Crippen molar-refractivity contribution >= 4 is 18.3 Å². The first-order valence-corrected chi connectivity index (χ1v) is 10.4. The molecule has 0 unspecified atom stereocenters. The van der Waals surface area contributed by atoms with Crippen LogP contribution in [-0.2, 0) is 0 Å². The zero-order valence-corrected chi connectivity index (χ0v) is 18.3. The Balaban J connectivity index is 0.00000256. The second-order valence-corrected chi connectivity index (χ2v) is 7.63. The Morgan fingerprint density at radius 2 is 1.90 bits per heavy atom. The van der Waals surface area contributed by atoms with Crippen molar-refractivity contribution in [3.05, 3.63) is 60.0 Å². The van der Waals surface area contributed by atoms with Crippen molar-refractivity contribution in [3.8, 4) is 17.1 Å². The summed E-state index contributed by atoms with van der Waals surface area (Å²) in [5, 5.41) is 8.12. The maximum atomic E-state index is 13.4. The van der Waals surface area contributed by atoms with Gasteiger partial charge in [0.2, 0.25) is 0 Å². The van der Waals surface area contributed by atoms with E-state index < -0.39 is 0 Å². The van der Waals surface area contributed by atoms with Gasteiger partial charge in [0.15, 0.2) is 5.76 Å². The van der Waals surface area contributed by atoms with Gasteiger partial charge >= 0.3 is 0 Å². The number of furan rings is 1. The number of hydrogen-bond donors (Lipinski definition) is 1. The van der Waals surface area contributed by atoms with Crippen molar-refractivity contribution in [2.24, 2.45) is 5.92 Å². The van der Waals surface area contributed by atoms with Crippen molar-refractivity contribution in [1.82, 2.24) is 20.0 Å². The molecule has 0 spiro atoms. The molecule has 0 saturated carbocycles. The fraction of sp³-hybridized carbons (Fsp3) is 0.391. The van der Waals surface area contributed by atoms with Crippen LogP contribution in [-0.4, -0.2) is 46.8 Å². The number of nitrogens with one attached hydrogen (secondary N) is 1. The van der Waals surface area contributed by atoms with Gasteiger partial charge in [0.25, 0.3) is 5.91 Å². The lowest BCUT2D eigenvalue weighted by molar-refractivity contribution is 0.0691. The number of likely N-dealkylation sites (tertiary alicyclic amines) is 1. The average Bonchev–Trinajstić information content (AvgIpc) is 3.39. The highest BCUT2D eigenvalue weighted by Gasteiger charge is 2.28. The van der Waals surface area contributed by atoms with Crippen LogP contribution in [0.3, 0.4) is 0 Å². The monoisotopic (exact) mass is 428 g/mol. The van der Waals surface area contributed by atoms with Crippen LogP contribution in [0, 0.1) is 12.8 Å². The van der Waals surface area contributed by atoms with Crippen molar-refractivity contribution in [2.75, 3.05) is 26.2 Å². The van der Waals surface area contributed by atoms with Gasteiger partial charge in [-0.2, -0.15) is 5.10 Å². The second kappa shape index (κ2) is 9.96. The summed E-state index contributed by atoms with van der Waals surface area (Å²) in [5.74, 6) is 2.09. The maximum Gasteiger partial charge on any atom is 0.257 e. The molecule has 0 radical (unpaired) electrons. The van der Waals surface area contributed by atoms with Crippen LogP contribution in [0.25, 0.3) is 17.1 Å².